The zero-order chi connectivity index (χ0) is 13.5. The molecule has 2 aliphatic rings. The van der Waals surface area contributed by atoms with Gasteiger partial charge in [0.1, 0.15) is 15.1 Å². The maximum absolute atomic E-state index is 5.91. The minimum absolute atomic E-state index is 0.308. The molecule has 1 fully saturated rings. The first-order chi connectivity index (χ1) is 9.14. The van der Waals surface area contributed by atoms with Crippen molar-refractivity contribution in [1.29, 1.82) is 0 Å². The molecule has 0 bridgehead atoms. The number of rotatable bonds is 1. The minimum atomic E-state index is -0.312. The van der Waals surface area contributed by atoms with Gasteiger partial charge in [-0.25, -0.2) is 9.98 Å². The molecule has 3 rings (SSSR count). The largest absolute Gasteiger partial charge is 0.375 e. The summed E-state index contributed by atoms with van der Waals surface area (Å²) in [7, 11) is 2.52. The third-order valence-electron chi connectivity index (χ3n) is 3.57. The second-order valence-electron chi connectivity index (χ2n) is 4.83. The van der Waals surface area contributed by atoms with E-state index in [2.05, 4.69) is 42.3 Å². The molecular formula is C11H15BrN3OPS2. The molecule has 2 aliphatic heterocycles. The summed E-state index contributed by atoms with van der Waals surface area (Å²) >= 11 is 6.88. The van der Waals surface area contributed by atoms with Crippen LogP contribution in [0.5, 0.6) is 0 Å². The zero-order valence-corrected chi connectivity index (χ0v) is 14.8. The van der Waals surface area contributed by atoms with Crippen molar-refractivity contribution in [3.8, 4) is 0 Å². The first-order valence-corrected chi connectivity index (χ1v) is 9.30. The van der Waals surface area contributed by atoms with Crippen LogP contribution in [0, 0.1) is 5.92 Å². The van der Waals surface area contributed by atoms with Crippen molar-refractivity contribution in [3.05, 3.63) is 15.0 Å². The van der Waals surface area contributed by atoms with Gasteiger partial charge in [0, 0.05) is 17.1 Å². The highest BCUT2D eigenvalue weighted by molar-refractivity contribution is 9.10. The lowest BCUT2D eigenvalue weighted by molar-refractivity contribution is -0.0467. The second-order valence-corrected chi connectivity index (χ2v) is 7.79. The van der Waals surface area contributed by atoms with Crippen LogP contribution in [0.2, 0.25) is 0 Å². The lowest BCUT2D eigenvalue weighted by Gasteiger charge is -2.44. The molecule has 4 atom stereocenters. The number of thiazole rings is 1. The summed E-state index contributed by atoms with van der Waals surface area (Å²) in [5, 5.41) is 7.11. The molecule has 1 aromatic heterocycles. The number of hydrogen-bond acceptors (Lipinski definition) is 6. The van der Waals surface area contributed by atoms with Gasteiger partial charge in [-0.3, -0.25) is 0 Å². The van der Waals surface area contributed by atoms with Gasteiger partial charge in [-0.05, 0) is 38.7 Å². The van der Waals surface area contributed by atoms with E-state index in [0.717, 1.165) is 27.0 Å². The van der Waals surface area contributed by atoms with Crippen molar-refractivity contribution in [2.24, 2.45) is 10.9 Å². The van der Waals surface area contributed by atoms with E-state index in [9.17, 15) is 0 Å². The lowest BCUT2D eigenvalue weighted by Crippen LogP contribution is -2.49. The molecule has 1 saturated heterocycles. The Morgan fingerprint density at radius 1 is 1.63 bits per heavy atom. The molecule has 0 amide bonds. The van der Waals surface area contributed by atoms with Crippen molar-refractivity contribution in [2.75, 3.05) is 12.4 Å². The monoisotopic (exact) mass is 379 g/mol. The summed E-state index contributed by atoms with van der Waals surface area (Å²) in [6, 6.07) is 0. The van der Waals surface area contributed by atoms with Crippen molar-refractivity contribution < 1.29 is 4.74 Å². The highest BCUT2D eigenvalue weighted by Crippen LogP contribution is 2.47. The molecule has 19 heavy (non-hydrogen) atoms. The smallest absolute Gasteiger partial charge is 0.160 e. The van der Waals surface area contributed by atoms with E-state index in [1.54, 1.807) is 23.1 Å². The van der Waals surface area contributed by atoms with Gasteiger partial charge in [0.05, 0.1) is 12.7 Å². The van der Waals surface area contributed by atoms with E-state index in [1.807, 2.05) is 5.38 Å². The van der Waals surface area contributed by atoms with Crippen LogP contribution in [0.4, 0.5) is 0 Å². The number of thioether (sulfide) groups is 1. The maximum Gasteiger partial charge on any atom is 0.160 e. The molecule has 8 heteroatoms. The molecule has 0 spiro atoms. The average Bonchev–Trinajstić information content (AvgIpc) is 2.85. The predicted octanol–water partition coefficient (Wildman–Crippen LogP) is 3.01. The summed E-state index contributed by atoms with van der Waals surface area (Å²) in [5.41, 5.74) is -0.312. The Morgan fingerprint density at radius 2 is 2.47 bits per heavy atom. The average molecular weight is 380 g/mol. The van der Waals surface area contributed by atoms with Gasteiger partial charge in [0.25, 0.3) is 0 Å². The van der Waals surface area contributed by atoms with Gasteiger partial charge in [-0.1, -0.05) is 11.8 Å². The Kier molecular flexibility index (Phi) is 4.21. The Bertz CT molecular complexity index is 512. The Labute approximate surface area is 131 Å². The zero-order valence-electron chi connectivity index (χ0n) is 10.4. The van der Waals surface area contributed by atoms with Crippen LogP contribution in [0.25, 0.3) is 0 Å². The number of ether oxygens (including phenoxy) is 1. The Hall–Kier alpha value is 0.320. The SMILES string of the molecule is C[C@H]1C[C@H]2CSC(NP)=N[C@@]2(c2nc(Br)cs2)CO1. The van der Waals surface area contributed by atoms with E-state index in [4.69, 9.17) is 9.73 Å². The van der Waals surface area contributed by atoms with Crippen LogP contribution in [0.15, 0.2) is 15.0 Å². The number of halogens is 1. The molecule has 0 saturated carbocycles. The Morgan fingerprint density at radius 3 is 3.16 bits per heavy atom. The third kappa shape index (κ3) is 2.60. The molecule has 0 radical (unpaired) electrons. The van der Waals surface area contributed by atoms with Gasteiger partial charge in [0.15, 0.2) is 5.17 Å². The number of fused-ring (bicyclic) bond motifs is 1. The molecule has 3 heterocycles. The summed E-state index contributed by atoms with van der Waals surface area (Å²) in [6.07, 6.45) is 1.35. The van der Waals surface area contributed by atoms with Crippen LogP contribution in [-0.2, 0) is 10.3 Å². The molecule has 4 nitrogen and oxygen atoms in total. The molecule has 104 valence electrons. The van der Waals surface area contributed by atoms with Crippen molar-refractivity contribution in [2.45, 2.75) is 25.0 Å². The topological polar surface area (TPSA) is 46.5 Å². The van der Waals surface area contributed by atoms with Crippen LogP contribution in [-0.4, -0.2) is 28.6 Å². The number of nitrogens with one attached hydrogen (secondary N) is 1. The molecule has 1 unspecified atom stereocenters. The normalized spacial score (nSPS) is 34.6. The van der Waals surface area contributed by atoms with Crippen LogP contribution < -0.4 is 5.09 Å². The first-order valence-electron chi connectivity index (χ1n) is 6.06. The van der Waals surface area contributed by atoms with Crippen LogP contribution in [0.1, 0.15) is 18.4 Å². The standard InChI is InChI=1S/C11H15BrN3OPS2/c1-6-2-7-3-19-10(15-17)14-11(7,5-16-6)9-13-8(12)4-18-9/h4,6-7H,2-3,5,17H2,1H3,(H,14,15)/t6-,7-,11-/m0/s1. The second kappa shape index (κ2) is 5.60. The fourth-order valence-corrected chi connectivity index (χ4v) is 5.44. The Balaban J connectivity index is 2.04. The van der Waals surface area contributed by atoms with Gasteiger partial charge in [-0.15, -0.1) is 11.3 Å². The highest BCUT2D eigenvalue weighted by atomic mass is 79.9. The molecule has 1 aromatic rings. The quantitative estimate of drug-likeness (QED) is 0.761. The van der Waals surface area contributed by atoms with E-state index >= 15 is 0 Å². The van der Waals surface area contributed by atoms with Gasteiger partial charge >= 0.3 is 0 Å². The lowest BCUT2D eigenvalue weighted by atomic mass is 9.80. The number of aliphatic imine (C=N–C) groups is 1. The molecule has 1 N–H and O–H groups in total. The first kappa shape index (κ1) is 14.3. The third-order valence-corrected chi connectivity index (χ3v) is 6.82. The van der Waals surface area contributed by atoms with E-state index in [-0.39, 0.29) is 5.54 Å². The van der Waals surface area contributed by atoms with Crippen molar-refractivity contribution >= 4 is 53.6 Å². The van der Waals surface area contributed by atoms with Gasteiger partial charge < -0.3 is 9.82 Å². The molecular weight excluding hydrogens is 365 g/mol. The van der Waals surface area contributed by atoms with E-state index in [0.29, 0.717) is 18.6 Å². The van der Waals surface area contributed by atoms with Crippen molar-refractivity contribution in [3.63, 3.8) is 0 Å². The number of aromatic nitrogens is 1. The van der Waals surface area contributed by atoms with E-state index < -0.39 is 0 Å². The van der Waals surface area contributed by atoms with Crippen molar-refractivity contribution in [1.82, 2.24) is 10.1 Å². The molecule has 0 aromatic carbocycles. The number of hydrogen-bond donors (Lipinski definition) is 1. The summed E-state index contributed by atoms with van der Waals surface area (Å²) in [6.45, 7) is 2.76. The maximum atomic E-state index is 5.91. The fourth-order valence-electron chi connectivity index (χ4n) is 2.58. The fraction of sp³-hybridized carbons (Fsp3) is 0.636. The summed E-state index contributed by atoms with van der Waals surface area (Å²) in [5.74, 6) is 1.55. The van der Waals surface area contributed by atoms with Gasteiger partial charge in [0.2, 0.25) is 0 Å². The number of nitrogens with zero attached hydrogens (tertiary/aromatic N) is 2. The molecule has 0 aliphatic carbocycles. The highest BCUT2D eigenvalue weighted by Gasteiger charge is 2.49. The summed E-state index contributed by atoms with van der Waals surface area (Å²) < 4.78 is 6.79. The van der Waals surface area contributed by atoms with Crippen LogP contribution in [0.3, 0.4) is 0 Å². The van der Waals surface area contributed by atoms with Crippen LogP contribution >= 0.6 is 48.4 Å². The minimum Gasteiger partial charge on any atom is -0.375 e. The number of amidine groups is 1. The summed E-state index contributed by atoms with van der Waals surface area (Å²) in [4.78, 5) is 9.53. The predicted molar refractivity (Wildman–Crippen MR) is 87.8 cm³/mol. The van der Waals surface area contributed by atoms with Gasteiger partial charge in [-0.2, -0.15) is 0 Å². The van der Waals surface area contributed by atoms with E-state index in [1.165, 1.54) is 0 Å².